The predicted octanol–water partition coefficient (Wildman–Crippen LogP) is 2.71. The van der Waals surface area contributed by atoms with Crippen molar-refractivity contribution in [2.24, 2.45) is 4.99 Å². The lowest BCUT2D eigenvalue weighted by Crippen LogP contribution is -2.50. The molecule has 0 fully saturated rings. The summed E-state index contributed by atoms with van der Waals surface area (Å²) in [7, 11) is 5.85. The summed E-state index contributed by atoms with van der Waals surface area (Å²) in [5.41, 5.74) is 1.13. The highest BCUT2D eigenvalue weighted by atomic mass is 127. The second-order valence-corrected chi connectivity index (χ2v) is 6.07. The van der Waals surface area contributed by atoms with Gasteiger partial charge in [-0.3, -0.25) is 0 Å². The van der Waals surface area contributed by atoms with E-state index in [2.05, 4.69) is 55.4 Å². The molecule has 0 heterocycles. The number of hydrogen-bond donors (Lipinski definition) is 2. The van der Waals surface area contributed by atoms with Gasteiger partial charge in [0.25, 0.3) is 0 Å². The summed E-state index contributed by atoms with van der Waals surface area (Å²) < 4.78 is 5.37. The van der Waals surface area contributed by atoms with Gasteiger partial charge < -0.3 is 20.3 Å². The van der Waals surface area contributed by atoms with Gasteiger partial charge in [0.2, 0.25) is 0 Å². The molecule has 1 rings (SSSR count). The molecule has 0 spiro atoms. The smallest absolute Gasteiger partial charge is 0.191 e. The van der Waals surface area contributed by atoms with Gasteiger partial charge in [0.05, 0.1) is 13.7 Å². The first-order valence-corrected chi connectivity index (χ1v) is 7.72. The Kier molecular flexibility index (Phi) is 10.2. The molecule has 6 heteroatoms. The number of ether oxygens (including phenoxy) is 1. The lowest BCUT2D eigenvalue weighted by atomic mass is 10.0. The minimum absolute atomic E-state index is 0. The first kappa shape index (κ1) is 22.0. The van der Waals surface area contributed by atoms with Crippen LogP contribution in [0.5, 0.6) is 5.75 Å². The Morgan fingerprint density at radius 3 is 2.43 bits per heavy atom. The monoisotopic (exact) mass is 434 g/mol. The van der Waals surface area contributed by atoms with E-state index in [9.17, 15) is 0 Å². The van der Waals surface area contributed by atoms with Crippen molar-refractivity contribution in [2.45, 2.75) is 32.9 Å². The number of hydrogen-bond acceptors (Lipinski definition) is 3. The van der Waals surface area contributed by atoms with Crippen LogP contribution >= 0.6 is 24.0 Å². The minimum Gasteiger partial charge on any atom is -0.496 e. The van der Waals surface area contributed by atoms with Gasteiger partial charge >= 0.3 is 0 Å². The molecule has 5 nitrogen and oxygen atoms in total. The Morgan fingerprint density at radius 2 is 1.87 bits per heavy atom. The number of methoxy groups -OCH3 is 1. The van der Waals surface area contributed by atoms with E-state index < -0.39 is 0 Å². The molecular weight excluding hydrogens is 403 g/mol. The van der Waals surface area contributed by atoms with E-state index in [4.69, 9.17) is 4.74 Å². The molecule has 1 aromatic carbocycles. The van der Waals surface area contributed by atoms with Crippen molar-refractivity contribution >= 4 is 29.9 Å². The topological polar surface area (TPSA) is 48.9 Å². The fourth-order valence-corrected chi connectivity index (χ4v) is 1.80. The summed E-state index contributed by atoms with van der Waals surface area (Å²) >= 11 is 0. The van der Waals surface area contributed by atoms with Gasteiger partial charge in [-0.15, -0.1) is 24.0 Å². The zero-order chi connectivity index (χ0) is 16.6. The van der Waals surface area contributed by atoms with Crippen molar-refractivity contribution in [2.75, 3.05) is 34.3 Å². The van der Waals surface area contributed by atoms with Crippen molar-refractivity contribution in [1.29, 1.82) is 0 Å². The molecule has 132 valence electrons. The van der Waals surface area contributed by atoms with Crippen molar-refractivity contribution in [1.82, 2.24) is 15.5 Å². The van der Waals surface area contributed by atoms with Crippen LogP contribution in [-0.2, 0) is 6.54 Å². The Bertz CT molecular complexity index is 489. The first-order chi connectivity index (χ1) is 10.4. The highest BCUT2D eigenvalue weighted by molar-refractivity contribution is 14.0. The molecule has 0 aliphatic heterocycles. The van der Waals surface area contributed by atoms with Gasteiger partial charge in [-0.25, -0.2) is 4.99 Å². The number of benzene rings is 1. The Hall–Kier alpha value is -1.02. The SMILES string of the molecule is CCNC(=NCc1ccccc1OC)NCC(C)(C)N(C)C.I. The van der Waals surface area contributed by atoms with Crippen molar-refractivity contribution in [3.05, 3.63) is 29.8 Å². The van der Waals surface area contributed by atoms with Crippen LogP contribution in [0, 0.1) is 0 Å². The van der Waals surface area contributed by atoms with Gasteiger partial charge in [-0.2, -0.15) is 0 Å². The van der Waals surface area contributed by atoms with Crippen LogP contribution in [0.15, 0.2) is 29.3 Å². The highest BCUT2D eigenvalue weighted by Gasteiger charge is 2.20. The lowest BCUT2D eigenvalue weighted by molar-refractivity contribution is 0.197. The van der Waals surface area contributed by atoms with E-state index in [1.54, 1.807) is 7.11 Å². The Balaban J connectivity index is 0.00000484. The summed E-state index contributed by atoms with van der Waals surface area (Å²) in [4.78, 5) is 6.85. The summed E-state index contributed by atoms with van der Waals surface area (Å²) in [6, 6.07) is 7.97. The second kappa shape index (κ2) is 10.7. The molecule has 0 saturated carbocycles. The fraction of sp³-hybridized carbons (Fsp3) is 0.588. The molecule has 0 unspecified atom stereocenters. The third-order valence-corrected chi connectivity index (χ3v) is 3.84. The van der Waals surface area contributed by atoms with E-state index in [-0.39, 0.29) is 29.5 Å². The van der Waals surface area contributed by atoms with Gasteiger partial charge in [0, 0.05) is 24.2 Å². The summed E-state index contributed by atoms with van der Waals surface area (Å²) in [5.74, 6) is 1.69. The molecule has 0 aliphatic carbocycles. The lowest BCUT2D eigenvalue weighted by Gasteiger charge is -2.33. The van der Waals surface area contributed by atoms with E-state index in [0.29, 0.717) is 6.54 Å². The molecule has 2 N–H and O–H groups in total. The quantitative estimate of drug-likeness (QED) is 0.394. The molecule has 0 atom stereocenters. The van der Waals surface area contributed by atoms with Gasteiger partial charge in [-0.1, -0.05) is 18.2 Å². The van der Waals surface area contributed by atoms with Crippen molar-refractivity contribution in [3.8, 4) is 5.75 Å². The van der Waals surface area contributed by atoms with Crippen molar-refractivity contribution < 1.29 is 4.74 Å². The zero-order valence-electron chi connectivity index (χ0n) is 15.1. The Labute approximate surface area is 157 Å². The van der Waals surface area contributed by atoms with Crippen molar-refractivity contribution in [3.63, 3.8) is 0 Å². The van der Waals surface area contributed by atoms with Crippen LogP contribution in [0.2, 0.25) is 0 Å². The molecule has 1 aromatic rings. The van der Waals surface area contributed by atoms with Crippen LogP contribution < -0.4 is 15.4 Å². The molecule has 0 radical (unpaired) electrons. The van der Waals surface area contributed by atoms with E-state index in [1.165, 1.54) is 0 Å². The number of rotatable bonds is 7. The number of nitrogens with one attached hydrogen (secondary N) is 2. The third kappa shape index (κ3) is 7.39. The largest absolute Gasteiger partial charge is 0.496 e. The molecular formula is C17H31IN4O. The van der Waals surface area contributed by atoms with Crippen LogP contribution in [-0.4, -0.2) is 50.7 Å². The number of nitrogens with zero attached hydrogens (tertiary/aromatic N) is 2. The number of guanidine groups is 1. The highest BCUT2D eigenvalue weighted by Crippen LogP contribution is 2.17. The fourth-order valence-electron chi connectivity index (χ4n) is 1.80. The average Bonchev–Trinajstić information content (AvgIpc) is 2.50. The van der Waals surface area contributed by atoms with E-state index >= 15 is 0 Å². The van der Waals surface area contributed by atoms with Crippen LogP contribution in [0.1, 0.15) is 26.3 Å². The molecule has 0 aromatic heterocycles. The van der Waals surface area contributed by atoms with Crippen LogP contribution in [0.25, 0.3) is 0 Å². The van der Waals surface area contributed by atoms with Crippen LogP contribution in [0.3, 0.4) is 0 Å². The standard InChI is InChI=1S/C17H30N4O.HI/c1-7-18-16(20-13-17(2,3)21(4)5)19-12-14-10-8-9-11-15(14)22-6;/h8-11H,7,12-13H2,1-6H3,(H2,18,19,20);1H. The molecule has 0 bridgehead atoms. The number of para-hydroxylation sites is 1. The third-order valence-electron chi connectivity index (χ3n) is 3.84. The molecule has 23 heavy (non-hydrogen) atoms. The number of halogens is 1. The maximum atomic E-state index is 5.37. The van der Waals surface area contributed by atoms with E-state index in [1.807, 2.05) is 24.3 Å². The maximum absolute atomic E-state index is 5.37. The molecule has 0 saturated heterocycles. The van der Waals surface area contributed by atoms with E-state index in [0.717, 1.165) is 30.4 Å². The normalized spacial score (nSPS) is 11.9. The second-order valence-electron chi connectivity index (χ2n) is 6.07. The zero-order valence-corrected chi connectivity index (χ0v) is 17.5. The predicted molar refractivity (Wildman–Crippen MR) is 109 cm³/mol. The summed E-state index contributed by atoms with van der Waals surface area (Å²) in [6.45, 7) is 8.70. The summed E-state index contributed by atoms with van der Waals surface area (Å²) in [6.07, 6.45) is 0. The molecule has 0 aliphatic rings. The van der Waals surface area contributed by atoms with Gasteiger partial charge in [0.15, 0.2) is 5.96 Å². The number of likely N-dealkylation sites (N-methyl/N-ethyl adjacent to an activating group) is 1. The van der Waals surface area contributed by atoms with Crippen LogP contribution in [0.4, 0.5) is 0 Å². The first-order valence-electron chi connectivity index (χ1n) is 7.72. The average molecular weight is 434 g/mol. The van der Waals surface area contributed by atoms with Gasteiger partial charge in [0.1, 0.15) is 5.75 Å². The minimum atomic E-state index is 0. The molecule has 0 amide bonds. The Morgan fingerprint density at radius 1 is 1.22 bits per heavy atom. The summed E-state index contributed by atoms with van der Waals surface area (Å²) in [5, 5.41) is 6.69. The number of aliphatic imine (C=N–C) groups is 1. The maximum Gasteiger partial charge on any atom is 0.191 e. The van der Waals surface area contributed by atoms with Gasteiger partial charge in [-0.05, 0) is 40.9 Å².